The maximum atomic E-state index is 10.4. The SMILES string of the molecule is CC(=O)/C(C)=C(/C)O.Cc1ccc2cnc3c(c2c1)N(c1ccccc1)c1cccc2cc[c-]c-3c12.[Ir]. The number of anilines is 3. The van der Waals surface area contributed by atoms with Gasteiger partial charge < -0.3 is 15.0 Å². The van der Waals surface area contributed by atoms with Gasteiger partial charge in [0.15, 0.2) is 5.78 Å². The van der Waals surface area contributed by atoms with Crippen molar-refractivity contribution >= 4 is 44.4 Å². The van der Waals surface area contributed by atoms with Crippen LogP contribution in [0.1, 0.15) is 26.3 Å². The largest absolute Gasteiger partial charge is 0.512 e. The molecule has 0 atom stereocenters. The molecule has 6 rings (SSSR count). The molecule has 4 aromatic carbocycles. The first-order valence-electron chi connectivity index (χ1n) is 11.9. The summed E-state index contributed by atoms with van der Waals surface area (Å²) in [4.78, 5) is 17.6. The van der Waals surface area contributed by atoms with Gasteiger partial charge in [0.1, 0.15) is 0 Å². The number of para-hydroxylation sites is 1. The van der Waals surface area contributed by atoms with Gasteiger partial charge in [0.05, 0.1) is 5.76 Å². The second kappa shape index (κ2) is 10.7. The Bertz CT molecular complexity index is 1650. The summed E-state index contributed by atoms with van der Waals surface area (Å²) in [6.07, 6.45) is 1.98. The van der Waals surface area contributed by atoms with E-state index in [2.05, 4.69) is 90.7 Å². The number of rotatable bonds is 2. The molecule has 1 radical (unpaired) electrons. The number of ketones is 1. The summed E-state index contributed by atoms with van der Waals surface area (Å²) in [7, 11) is 0. The van der Waals surface area contributed by atoms with E-state index in [-0.39, 0.29) is 31.6 Å². The molecule has 0 saturated carbocycles. The number of aliphatic hydroxyl groups is 1. The molecule has 5 heteroatoms. The topological polar surface area (TPSA) is 53.4 Å². The number of carbonyl (C=O) groups excluding carboxylic acids is 1. The fourth-order valence-electron chi connectivity index (χ4n) is 4.57. The Morgan fingerprint density at radius 3 is 2.35 bits per heavy atom. The third-order valence-corrected chi connectivity index (χ3v) is 6.62. The van der Waals surface area contributed by atoms with E-state index in [1.54, 1.807) is 6.92 Å². The maximum absolute atomic E-state index is 10.4. The van der Waals surface area contributed by atoms with Crippen LogP contribution in [0, 0.1) is 13.0 Å². The Labute approximate surface area is 230 Å². The van der Waals surface area contributed by atoms with Gasteiger partial charge in [-0.3, -0.25) is 4.79 Å². The van der Waals surface area contributed by atoms with E-state index in [9.17, 15) is 4.79 Å². The Morgan fingerprint density at radius 1 is 0.919 bits per heavy atom. The van der Waals surface area contributed by atoms with E-state index in [0.717, 1.165) is 28.0 Å². The summed E-state index contributed by atoms with van der Waals surface area (Å²) in [5.74, 6) is 0.0301. The standard InChI is InChI=1S/C26H17N2.C6H10O2.Ir/c1-17-13-14-19-16-27-25-21-11-5-7-18-8-6-12-23(24(18)21)28(26(25)22(19)15-17)20-9-3-2-4-10-20;1-4(5(2)7)6(3)8;/h2-10,12-16H,1H3;7H,1-3H3;/q-1;;/b;5-4-;. The van der Waals surface area contributed by atoms with Crippen LogP contribution in [0.5, 0.6) is 0 Å². The van der Waals surface area contributed by atoms with Crippen molar-refractivity contribution in [2.24, 2.45) is 0 Å². The summed E-state index contributed by atoms with van der Waals surface area (Å²) < 4.78 is 0. The minimum atomic E-state index is -0.0787. The van der Waals surface area contributed by atoms with Crippen LogP contribution in [0.2, 0.25) is 0 Å². The molecule has 2 heterocycles. The number of allylic oxidation sites excluding steroid dienone is 2. The minimum absolute atomic E-state index is 0. The normalized spacial score (nSPS) is 12.2. The van der Waals surface area contributed by atoms with Crippen molar-refractivity contribution in [1.82, 2.24) is 4.98 Å². The van der Waals surface area contributed by atoms with Gasteiger partial charge >= 0.3 is 0 Å². The summed E-state index contributed by atoms with van der Waals surface area (Å²) in [6, 6.07) is 31.2. The van der Waals surface area contributed by atoms with Crippen LogP contribution in [0.4, 0.5) is 17.1 Å². The minimum Gasteiger partial charge on any atom is -0.512 e. The van der Waals surface area contributed by atoms with Crippen LogP contribution in [-0.4, -0.2) is 15.9 Å². The maximum Gasteiger partial charge on any atom is 0.158 e. The molecule has 0 saturated heterocycles. The number of hydrogen-bond donors (Lipinski definition) is 1. The predicted octanol–water partition coefficient (Wildman–Crippen LogP) is 8.37. The summed E-state index contributed by atoms with van der Waals surface area (Å²) in [6.45, 7) is 6.66. The summed E-state index contributed by atoms with van der Waals surface area (Å²) in [5, 5.41) is 13.4. The molecule has 0 bridgehead atoms. The molecule has 1 N–H and O–H groups in total. The number of fused-ring (bicyclic) bond motifs is 4. The number of Topliss-reactive ketones (excluding diaryl/α,β-unsaturated/α-hetero) is 1. The molecule has 4 nitrogen and oxygen atoms in total. The quantitative estimate of drug-likeness (QED) is 0.115. The van der Waals surface area contributed by atoms with Crippen LogP contribution in [0.3, 0.4) is 0 Å². The second-order valence-electron chi connectivity index (χ2n) is 9.08. The van der Waals surface area contributed by atoms with Crippen LogP contribution in [-0.2, 0) is 24.9 Å². The van der Waals surface area contributed by atoms with E-state index >= 15 is 0 Å². The molecular formula is C32H27IrN2O2-. The monoisotopic (exact) mass is 664 g/mol. The molecule has 0 fully saturated rings. The van der Waals surface area contributed by atoms with E-state index in [1.165, 1.54) is 41.3 Å². The Hall–Kier alpha value is -3.79. The average molecular weight is 664 g/mol. The third-order valence-electron chi connectivity index (χ3n) is 6.62. The van der Waals surface area contributed by atoms with E-state index in [0.29, 0.717) is 5.57 Å². The second-order valence-corrected chi connectivity index (χ2v) is 9.08. The number of pyridine rings is 1. The summed E-state index contributed by atoms with van der Waals surface area (Å²) in [5.41, 5.74) is 7.21. The van der Waals surface area contributed by atoms with Crippen LogP contribution in [0.25, 0.3) is 32.8 Å². The van der Waals surface area contributed by atoms with Crippen LogP contribution >= 0.6 is 0 Å². The van der Waals surface area contributed by atoms with Gasteiger partial charge in [-0.05, 0) is 45.9 Å². The predicted molar refractivity (Wildman–Crippen MR) is 148 cm³/mol. The number of benzene rings is 4. The molecule has 187 valence electrons. The molecular weight excluding hydrogens is 637 g/mol. The van der Waals surface area contributed by atoms with Gasteiger partial charge in [0.25, 0.3) is 0 Å². The summed E-state index contributed by atoms with van der Waals surface area (Å²) >= 11 is 0. The van der Waals surface area contributed by atoms with Gasteiger partial charge in [-0.1, -0.05) is 64.9 Å². The fraction of sp³-hybridized carbons (Fsp3) is 0.125. The third kappa shape index (κ3) is 4.81. The smallest absolute Gasteiger partial charge is 0.158 e. The Kier molecular flexibility index (Phi) is 7.58. The van der Waals surface area contributed by atoms with Gasteiger partial charge in [-0.25, -0.2) is 0 Å². The number of hydrogen-bond acceptors (Lipinski definition) is 4. The molecule has 1 aromatic heterocycles. The van der Waals surface area contributed by atoms with Crippen LogP contribution in [0.15, 0.2) is 96.4 Å². The first kappa shape index (κ1) is 26.3. The fourth-order valence-corrected chi connectivity index (χ4v) is 4.57. The van der Waals surface area contributed by atoms with E-state index < -0.39 is 0 Å². The molecule has 0 aliphatic carbocycles. The molecule has 0 amide bonds. The van der Waals surface area contributed by atoms with Gasteiger partial charge in [-0.2, -0.15) is 0 Å². The van der Waals surface area contributed by atoms with Crippen molar-refractivity contribution in [1.29, 1.82) is 0 Å². The van der Waals surface area contributed by atoms with Crippen molar-refractivity contribution < 1.29 is 30.0 Å². The Balaban J connectivity index is 0.000000313. The zero-order valence-electron chi connectivity index (χ0n) is 21.2. The zero-order chi connectivity index (χ0) is 25.4. The van der Waals surface area contributed by atoms with Gasteiger partial charge in [-0.15, -0.1) is 23.8 Å². The molecule has 0 unspecified atom stereocenters. The number of aliphatic hydroxyl groups excluding tert-OH is 1. The number of nitrogens with zero attached hydrogens (tertiary/aromatic N) is 2. The van der Waals surface area contributed by atoms with Crippen LogP contribution < -0.4 is 4.90 Å². The van der Waals surface area contributed by atoms with Crippen molar-refractivity contribution in [2.45, 2.75) is 27.7 Å². The molecule has 1 aliphatic heterocycles. The molecule has 1 aliphatic rings. The first-order valence-corrected chi connectivity index (χ1v) is 11.9. The van der Waals surface area contributed by atoms with Crippen molar-refractivity contribution in [3.05, 3.63) is 108 Å². The number of aromatic nitrogens is 1. The average Bonchev–Trinajstić information content (AvgIpc) is 2.89. The number of aryl methyl sites for hydroxylation is 1. The van der Waals surface area contributed by atoms with E-state index in [1.807, 2.05) is 12.3 Å². The molecule has 5 aromatic rings. The zero-order valence-corrected chi connectivity index (χ0v) is 23.6. The van der Waals surface area contributed by atoms with Gasteiger partial charge in [0, 0.05) is 65.4 Å². The number of carbonyl (C=O) groups is 1. The molecule has 37 heavy (non-hydrogen) atoms. The Morgan fingerprint density at radius 2 is 1.68 bits per heavy atom. The first-order chi connectivity index (χ1) is 17.4. The van der Waals surface area contributed by atoms with Crippen molar-refractivity contribution in [3.8, 4) is 11.3 Å². The molecule has 0 spiro atoms. The van der Waals surface area contributed by atoms with E-state index in [4.69, 9.17) is 10.1 Å². The van der Waals surface area contributed by atoms with Crippen molar-refractivity contribution in [3.63, 3.8) is 0 Å². The van der Waals surface area contributed by atoms with Crippen molar-refractivity contribution in [2.75, 3.05) is 4.90 Å². The van der Waals surface area contributed by atoms with Gasteiger partial charge in [0.2, 0.25) is 0 Å².